The Bertz CT molecular complexity index is 801. The van der Waals surface area contributed by atoms with Crippen LogP contribution >= 0.6 is 11.8 Å². The third kappa shape index (κ3) is 3.98. The fraction of sp³-hybridized carbons (Fsp3) is 0.118. The highest BCUT2D eigenvalue weighted by Gasteiger charge is 2.08. The predicted octanol–water partition coefficient (Wildman–Crippen LogP) is 3.52. The summed E-state index contributed by atoms with van der Waals surface area (Å²) >= 11 is 1.62. The molecular weight excluding hydrogens is 308 g/mol. The number of benzene rings is 2. The summed E-state index contributed by atoms with van der Waals surface area (Å²) in [6.45, 7) is 1.49. The topological polar surface area (TPSA) is 59.8 Å². The third-order valence-corrected chi connectivity index (χ3v) is 4.19. The average molecular weight is 324 g/mol. The molecule has 0 saturated carbocycles. The quantitative estimate of drug-likeness (QED) is 0.730. The van der Waals surface area contributed by atoms with Crippen LogP contribution in [0.4, 0.5) is 5.69 Å². The van der Waals surface area contributed by atoms with E-state index in [4.69, 9.17) is 0 Å². The molecule has 0 aliphatic carbocycles. The Labute approximate surface area is 138 Å². The van der Waals surface area contributed by atoms with Gasteiger partial charge in [0.05, 0.1) is 5.69 Å². The van der Waals surface area contributed by atoms with Crippen LogP contribution in [-0.2, 0) is 10.5 Å². The van der Waals surface area contributed by atoms with Gasteiger partial charge in [0, 0.05) is 18.4 Å². The van der Waals surface area contributed by atoms with E-state index in [-0.39, 0.29) is 5.91 Å². The smallest absolute Gasteiger partial charge is 0.221 e. The zero-order valence-electron chi connectivity index (χ0n) is 12.6. The van der Waals surface area contributed by atoms with E-state index in [0.29, 0.717) is 0 Å². The van der Waals surface area contributed by atoms with Gasteiger partial charge in [0.2, 0.25) is 5.91 Å². The molecule has 3 rings (SSSR count). The van der Waals surface area contributed by atoms with Crippen LogP contribution in [0.25, 0.3) is 5.69 Å². The van der Waals surface area contributed by atoms with Gasteiger partial charge < -0.3 is 5.32 Å². The van der Waals surface area contributed by atoms with Crippen LogP contribution in [0.3, 0.4) is 0 Å². The highest BCUT2D eigenvalue weighted by molar-refractivity contribution is 7.98. The summed E-state index contributed by atoms with van der Waals surface area (Å²) in [7, 11) is 0. The Morgan fingerprint density at radius 1 is 1.17 bits per heavy atom. The van der Waals surface area contributed by atoms with Gasteiger partial charge in [0.1, 0.15) is 6.33 Å². The first kappa shape index (κ1) is 15.3. The number of aromatic nitrogens is 3. The molecule has 0 aliphatic heterocycles. The first-order chi connectivity index (χ1) is 11.2. The highest BCUT2D eigenvalue weighted by atomic mass is 32.2. The lowest BCUT2D eigenvalue weighted by Crippen LogP contribution is -2.06. The summed E-state index contributed by atoms with van der Waals surface area (Å²) in [5, 5.41) is 11.8. The Morgan fingerprint density at radius 3 is 2.78 bits per heavy atom. The fourth-order valence-electron chi connectivity index (χ4n) is 2.16. The first-order valence-electron chi connectivity index (χ1n) is 7.17. The number of carbonyl (C=O) groups excluding carboxylic acids is 1. The minimum atomic E-state index is -0.0930. The van der Waals surface area contributed by atoms with Crippen LogP contribution in [-0.4, -0.2) is 20.7 Å². The number of amides is 1. The molecule has 5 nitrogen and oxygen atoms in total. The number of thioether (sulfide) groups is 1. The number of nitrogens with zero attached hydrogens (tertiary/aromatic N) is 3. The molecule has 0 spiro atoms. The van der Waals surface area contributed by atoms with E-state index in [2.05, 4.69) is 27.6 Å². The molecule has 1 heterocycles. The Balaban J connectivity index is 1.79. The Morgan fingerprint density at radius 2 is 2.00 bits per heavy atom. The minimum Gasteiger partial charge on any atom is -0.326 e. The molecule has 116 valence electrons. The van der Waals surface area contributed by atoms with E-state index in [1.807, 2.05) is 47.0 Å². The number of hydrogen-bond acceptors (Lipinski definition) is 4. The van der Waals surface area contributed by atoms with Gasteiger partial charge in [-0.1, -0.05) is 48.2 Å². The molecule has 3 aromatic rings. The normalized spacial score (nSPS) is 10.5. The van der Waals surface area contributed by atoms with Crippen molar-refractivity contribution in [1.82, 2.24) is 14.8 Å². The van der Waals surface area contributed by atoms with E-state index in [1.54, 1.807) is 18.1 Å². The maximum Gasteiger partial charge on any atom is 0.221 e. The van der Waals surface area contributed by atoms with E-state index in [1.165, 1.54) is 12.5 Å². The van der Waals surface area contributed by atoms with Crippen LogP contribution in [0.15, 0.2) is 66.1 Å². The Kier molecular flexibility index (Phi) is 4.73. The van der Waals surface area contributed by atoms with E-state index >= 15 is 0 Å². The molecule has 0 radical (unpaired) electrons. The molecule has 1 N–H and O–H groups in total. The zero-order chi connectivity index (χ0) is 16.1. The number of nitrogens with one attached hydrogen (secondary N) is 1. The van der Waals surface area contributed by atoms with Gasteiger partial charge in [-0.2, -0.15) is 0 Å². The van der Waals surface area contributed by atoms with E-state index in [9.17, 15) is 4.79 Å². The number of rotatable bonds is 5. The molecular formula is C17H16N4OS. The molecule has 2 aromatic carbocycles. The van der Waals surface area contributed by atoms with Crippen molar-refractivity contribution in [3.8, 4) is 5.69 Å². The van der Waals surface area contributed by atoms with Crippen LogP contribution in [0.5, 0.6) is 0 Å². The predicted molar refractivity (Wildman–Crippen MR) is 91.7 cm³/mol. The number of carbonyl (C=O) groups is 1. The number of anilines is 1. The maximum atomic E-state index is 11.2. The SMILES string of the molecule is CC(=O)Nc1cccc(-n2cnnc2SCc2ccccc2)c1. The second-order valence-electron chi connectivity index (χ2n) is 4.99. The van der Waals surface area contributed by atoms with Gasteiger partial charge in [0.25, 0.3) is 0 Å². The van der Waals surface area contributed by atoms with Crippen molar-refractivity contribution in [1.29, 1.82) is 0 Å². The molecule has 1 aromatic heterocycles. The van der Waals surface area contributed by atoms with Crippen LogP contribution in [0.2, 0.25) is 0 Å². The van der Waals surface area contributed by atoms with Crippen molar-refractivity contribution in [2.75, 3.05) is 5.32 Å². The molecule has 6 heteroatoms. The molecule has 0 atom stereocenters. The minimum absolute atomic E-state index is 0.0930. The van der Waals surface area contributed by atoms with Crippen molar-refractivity contribution in [2.24, 2.45) is 0 Å². The zero-order valence-corrected chi connectivity index (χ0v) is 13.5. The summed E-state index contributed by atoms with van der Waals surface area (Å²) in [5.74, 6) is 0.731. The molecule has 0 unspecified atom stereocenters. The summed E-state index contributed by atoms with van der Waals surface area (Å²) in [6, 6.07) is 17.8. The summed E-state index contributed by atoms with van der Waals surface area (Å²) in [5.41, 5.74) is 2.90. The fourth-order valence-corrected chi connectivity index (χ4v) is 3.04. The number of hydrogen-bond donors (Lipinski definition) is 1. The van der Waals surface area contributed by atoms with Gasteiger partial charge in [-0.25, -0.2) is 0 Å². The van der Waals surface area contributed by atoms with Gasteiger partial charge in [-0.05, 0) is 23.8 Å². The molecule has 0 fully saturated rings. The van der Waals surface area contributed by atoms with Crippen molar-refractivity contribution < 1.29 is 4.79 Å². The Hall–Kier alpha value is -2.60. The van der Waals surface area contributed by atoms with Gasteiger partial charge in [-0.3, -0.25) is 9.36 Å². The summed E-state index contributed by atoms with van der Waals surface area (Å²) in [4.78, 5) is 11.2. The van der Waals surface area contributed by atoms with Crippen molar-refractivity contribution in [3.05, 3.63) is 66.5 Å². The van der Waals surface area contributed by atoms with E-state index < -0.39 is 0 Å². The third-order valence-electron chi connectivity index (χ3n) is 3.17. The van der Waals surface area contributed by atoms with Gasteiger partial charge in [0.15, 0.2) is 5.16 Å². The summed E-state index contributed by atoms with van der Waals surface area (Å²) < 4.78 is 1.92. The second-order valence-corrected chi connectivity index (χ2v) is 5.93. The average Bonchev–Trinajstić information content (AvgIpc) is 3.02. The van der Waals surface area contributed by atoms with Gasteiger partial charge >= 0.3 is 0 Å². The monoisotopic (exact) mass is 324 g/mol. The van der Waals surface area contributed by atoms with Crippen molar-refractivity contribution in [2.45, 2.75) is 17.8 Å². The largest absolute Gasteiger partial charge is 0.326 e. The molecule has 23 heavy (non-hydrogen) atoms. The van der Waals surface area contributed by atoms with Crippen molar-refractivity contribution in [3.63, 3.8) is 0 Å². The lowest BCUT2D eigenvalue weighted by atomic mass is 10.2. The van der Waals surface area contributed by atoms with Gasteiger partial charge in [-0.15, -0.1) is 10.2 Å². The van der Waals surface area contributed by atoms with Crippen LogP contribution < -0.4 is 5.32 Å². The lowest BCUT2D eigenvalue weighted by Gasteiger charge is -2.08. The molecule has 0 bridgehead atoms. The molecule has 0 saturated heterocycles. The van der Waals surface area contributed by atoms with Crippen molar-refractivity contribution >= 4 is 23.4 Å². The van der Waals surface area contributed by atoms with Crippen LogP contribution in [0, 0.1) is 0 Å². The highest BCUT2D eigenvalue weighted by Crippen LogP contribution is 2.24. The van der Waals surface area contributed by atoms with Crippen LogP contribution in [0.1, 0.15) is 12.5 Å². The second kappa shape index (κ2) is 7.11. The lowest BCUT2D eigenvalue weighted by molar-refractivity contribution is -0.114. The first-order valence-corrected chi connectivity index (χ1v) is 8.16. The summed E-state index contributed by atoms with van der Waals surface area (Å²) in [6.07, 6.45) is 1.68. The molecule has 1 amide bonds. The van der Waals surface area contributed by atoms with E-state index in [0.717, 1.165) is 22.3 Å². The molecule has 0 aliphatic rings. The standard InChI is InChI=1S/C17H16N4OS/c1-13(22)19-15-8-5-9-16(10-15)21-12-18-20-17(21)23-11-14-6-3-2-4-7-14/h2-10,12H,11H2,1H3,(H,19,22). The maximum absolute atomic E-state index is 11.2.